The number of ether oxygens (including phenoxy) is 1. The van der Waals surface area contributed by atoms with Crippen molar-refractivity contribution in [3.63, 3.8) is 0 Å². The second kappa shape index (κ2) is 15.6. The van der Waals surface area contributed by atoms with E-state index in [9.17, 15) is 18.0 Å². The van der Waals surface area contributed by atoms with Gasteiger partial charge in [-0.3, -0.25) is 13.9 Å². The highest BCUT2D eigenvalue weighted by atomic mass is 35.5. The largest absolute Gasteiger partial charge is 0.495 e. The quantitative estimate of drug-likeness (QED) is 0.161. The summed E-state index contributed by atoms with van der Waals surface area (Å²) in [6.07, 6.45) is 0.162. The van der Waals surface area contributed by atoms with E-state index in [1.807, 2.05) is 58.0 Å². The molecule has 1 atom stereocenters. The van der Waals surface area contributed by atoms with E-state index in [1.54, 1.807) is 30.3 Å². The van der Waals surface area contributed by atoms with Crippen LogP contribution in [0.25, 0.3) is 0 Å². The molecule has 0 aromatic heterocycles. The molecule has 48 heavy (non-hydrogen) atoms. The summed E-state index contributed by atoms with van der Waals surface area (Å²) in [4.78, 5) is 30.0. The molecule has 0 bridgehead atoms. The van der Waals surface area contributed by atoms with Gasteiger partial charge in [0.2, 0.25) is 11.8 Å². The average molecular weight is 731 g/mol. The minimum absolute atomic E-state index is 0.0183. The Labute approximate surface area is 297 Å². The number of benzene rings is 4. The molecule has 0 saturated carbocycles. The summed E-state index contributed by atoms with van der Waals surface area (Å²) in [5.74, 6) is -0.698. The Balaban J connectivity index is 1.86. The van der Waals surface area contributed by atoms with Gasteiger partial charge in [-0.15, -0.1) is 0 Å². The molecule has 0 saturated heterocycles. The van der Waals surface area contributed by atoms with E-state index in [4.69, 9.17) is 39.5 Å². The van der Waals surface area contributed by atoms with Crippen LogP contribution in [0.4, 0.5) is 5.69 Å². The summed E-state index contributed by atoms with van der Waals surface area (Å²) in [5, 5.41) is 3.77. The van der Waals surface area contributed by atoms with Crippen molar-refractivity contribution in [2.45, 2.75) is 57.1 Å². The van der Waals surface area contributed by atoms with Gasteiger partial charge in [0.1, 0.15) is 18.3 Å². The third-order valence-electron chi connectivity index (χ3n) is 7.42. The van der Waals surface area contributed by atoms with Crippen LogP contribution < -0.4 is 14.4 Å². The topological polar surface area (TPSA) is 96.0 Å². The second-order valence-corrected chi connectivity index (χ2v) is 15.4. The SMILES string of the molecule is COc1ccc(N(CC(=O)N(Cc2ccc(Cl)c(Cl)c2)[C@H](Cc2ccccc2)C(=O)NC(C)(C)C)S(=O)(=O)c2ccc(C)cc2)cc1Cl. The molecule has 254 valence electrons. The zero-order valence-electron chi connectivity index (χ0n) is 27.3. The summed E-state index contributed by atoms with van der Waals surface area (Å²) >= 11 is 19.0. The van der Waals surface area contributed by atoms with Gasteiger partial charge in [-0.1, -0.05) is 88.9 Å². The zero-order valence-corrected chi connectivity index (χ0v) is 30.4. The van der Waals surface area contributed by atoms with E-state index in [2.05, 4.69) is 5.32 Å². The number of carbonyl (C=O) groups is 2. The molecule has 8 nitrogen and oxygen atoms in total. The second-order valence-electron chi connectivity index (χ2n) is 12.4. The van der Waals surface area contributed by atoms with Crippen LogP contribution in [0.1, 0.15) is 37.5 Å². The van der Waals surface area contributed by atoms with E-state index in [-0.39, 0.29) is 33.6 Å². The first kappa shape index (κ1) is 37.1. The van der Waals surface area contributed by atoms with Gasteiger partial charge in [0.15, 0.2) is 0 Å². The number of halogens is 3. The van der Waals surface area contributed by atoms with Crippen LogP contribution in [-0.2, 0) is 32.6 Å². The third kappa shape index (κ3) is 9.44. The number of aryl methyl sites for hydroxylation is 1. The maximum atomic E-state index is 14.6. The van der Waals surface area contributed by atoms with Crippen LogP contribution in [0.2, 0.25) is 15.1 Å². The number of sulfonamides is 1. The van der Waals surface area contributed by atoms with Crippen LogP contribution in [0.3, 0.4) is 0 Å². The third-order valence-corrected chi connectivity index (χ3v) is 10.2. The fourth-order valence-corrected chi connectivity index (χ4v) is 7.00. The zero-order chi connectivity index (χ0) is 35.2. The van der Waals surface area contributed by atoms with Gasteiger partial charge in [0.05, 0.1) is 32.8 Å². The Morgan fingerprint density at radius 1 is 0.833 bits per heavy atom. The summed E-state index contributed by atoms with van der Waals surface area (Å²) < 4.78 is 34.8. The minimum atomic E-state index is -4.31. The lowest BCUT2D eigenvalue weighted by molar-refractivity contribution is -0.140. The van der Waals surface area contributed by atoms with Gasteiger partial charge in [-0.2, -0.15) is 0 Å². The summed E-state index contributed by atoms with van der Waals surface area (Å²) in [7, 11) is -2.86. The van der Waals surface area contributed by atoms with Crippen molar-refractivity contribution in [3.8, 4) is 5.75 Å². The number of amides is 2. The van der Waals surface area contributed by atoms with Crippen molar-refractivity contribution in [1.29, 1.82) is 0 Å². The highest BCUT2D eigenvalue weighted by molar-refractivity contribution is 7.92. The number of hydrogen-bond acceptors (Lipinski definition) is 5. The van der Waals surface area contributed by atoms with Gasteiger partial charge in [-0.05, 0) is 81.3 Å². The van der Waals surface area contributed by atoms with E-state index >= 15 is 0 Å². The van der Waals surface area contributed by atoms with Crippen molar-refractivity contribution in [2.24, 2.45) is 0 Å². The van der Waals surface area contributed by atoms with Gasteiger partial charge in [0.25, 0.3) is 10.0 Å². The highest BCUT2D eigenvalue weighted by Crippen LogP contribution is 2.33. The maximum absolute atomic E-state index is 14.6. The van der Waals surface area contributed by atoms with E-state index in [0.29, 0.717) is 16.3 Å². The Kier molecular flexibility index (Phi) is 12.1. The lowest BCUT2D eigenvalue weighted by atomic mass is 10.0. The molecule has 4 rings (SSSR count). The number of carbonyl (C=O) groups excluding carboxylic acids is 2. The molecule has 0 unspecified atom stereocenters. The predicted octanol–water partition coefficient (Wildman–Crippen LogP) is 7.71. The van der Waals surface area contributed by atoms with Crippen LogP contribution in [0.5, 0.6) is 5.75 Å². The van der Waals surface area contributed by atoms with Gasteiger partial charge < -0.3 is 15.0 Å². The highest BCUT2D eigenvalue weighted by Gasteiger charge is 2.36. The summed E-state index contributed by atoms with van der Waals surface area (Å²) in [6, 6.07) is 24.0. The molecule has 2 amide bonds. The van der Waals surface area contributed by atoms with Crippen LogP contribution in [-0.4, -0.2) is 50.4 Å². The van der Waals surface area contributed by atoms with E-state index in [1.165, 1.54) is 42.3 Å². The number of methoxy groups -OCH3 is 1. The van der Waals surface area contributed by atoms with Crippen LogP contribution in [0.15, 0.2) is 95.9 Å². The monoisotopic (exact) mass is 729 g/mol. The standard InChI is InChI=1S/C36H38Cl3N3O5S/c1-24-11-15-28(16-12-24)48(45,46)42(27-14-18-33(47-5)31(39)21-27)23-34(43)41(22-26-13-17-29(37)30(38)19-26)32(35(44)40-36(2,3)4)20-25-9-7-6-8-10-25/h6-19,21,32H,20,22-23H2,1-5H3,(H,40,44)/t32-/m1/s1. The Morgan fingerprint density at radius 2 is 1.50 bits per heavy atom. The Morgan fingerprint density at radius 3 is 2.08 bits per heavy atom. The number of nitrogens with one attached hydrogen (secondary N) is 1. The molecule has 4 aromatic carbocycles. The smallest absolute Gasteiger partial charge is 0.264 e. The fraction of sp³-hybridized carbons (Fsp3) is 0.278. The van der Waals surface area contributed by atoms with Crippen LogP contribution >= 0.6 is 34.8 Å². The molecule has 0 radical (unpaired) electrons. The summed E-state index contributed by atoms with van der Waals surface area (Å²) in [6.45, 7) is 6.68. The maximum Gasteiger partial charge on any atom is 0.264 e. The average Bonchev–Trinajstić information content (AvgIpc) is 3.02. The first-order valence-corrected chi connectivity index (χ1v) is 17.7. The first-order chi connectivity index (χ1) is 22.6. The number of rotatable bonds is 12. The number of hydrogen-bond donors (Lipinski definition) is 1. The van der Waals surface area contributed by atoms with Crippen LogP contribution in [0, 0.1) is 6.92 Å². The van der Waals surface area contributed by atoms with Crippen molar-refractivity contribution in [1.82, 2.24) is 10.2 Å². The Hall–Kier alpha value is -3.76. The van der Waals surface area contributed by atoms with Crippen molar-refractivity contribution >= 4 is 62.3 Å². The minimum Gasteiger partial charge on any atom is -0.495 e. The molecule has 0 fully saturated rings. The molecule has 0 aliphatic rings. The van der Waals surface area contributed by atoms with Gasteiger partial charge in [0, 0.05) is 18.5 Å². The molecule has 12 heteroatoms. The van der Waals surface area contributed by atoms with Crippen molar-refractivity contribution in [3.05, 3.63) is 123 Å². The van der Waals surface area contributed by atoms with Gasteiger partial charge >= 0.3 is 0 Å². The Bertz CT molecular complexity index is 1860. The summed E-state index contributed by atoms with van der Waals surface area (Å²) in [5.41, 5.74) is 1.79. The lowest BCUT2D eigenvalue weighted by Gasteiger charge is -2.35. The first-order valence-electron chi connectivity index (χ1n) is 15.1. The molecule has 0 spiro atoms. The molecule has 1 N–H and O–H groups in total. The molecule has 0 aliphatic carbocycles. The van der Waals surface area contributed by atoms with E-state index < -0.39 is 40.0 Å². The molecular formula is C36H38Cl3N3O5S. The van der Waals surface area contributed by atoms with Gasteiger partial charge in [-0.25, -0.2) is 8.42 Å². The van der Waals surface area contributed by atoms with Crippen molar-refractivity contribution in [2.75, 3.05) is 18.0 Å². The number of nitrogens with zero attached hydrogens (tertiary/aromatic N) is 2. The molecule has 0 heterocycles. The molecule has 4 aromatic rings. The van der Waals surface area contributed by atoms with Crippen molar-refractivity contribution < 1.29 is 22.7 Å². The normalized spacial score (nSPS) is 12.2. The predicted molar refractivity (Wildman–Crippen MR) is 193 cm³/mol. The fourth-order valence-electron chi connectivity index (χ4n) is 5.02. The molecular weight excluding hydrogens is 693 g/mol. The number of anilines is 1. The van der Waals surface area contributed by atoms with E-state index in [0.717, 1.165) is 15.4 Å². The lowest BCUT2D eigenvalue weighted by Crippen LogP contribution is -2.56. The molecule has 0 aliphatic heterocycles.